The van der Waals surface area contributed by atoms with Crippen LogP contribution in [0.5, 0.6) is 0 Å². The summed E-state index contributed by atoms with van der Waals surface area (Å²) in [5.41, 5.74) is 2.03. The number of rotatable bonds is 2. The molecule has 1 fully saturated rings. The van der Waals surface area contributed by atoms with E-state index < -0.39 is 0 Å². The predicted octanol–water partition coefficient (Wildman–Crippen LogP) is 1.17. The van der Waals surface area contributed by atoms with Crippen LogP contribution in [0.25, 0.3) is 0 Å². The number of benzene rings is 1. The molecule has 1 saturated carbocycles. The maximum absolute atomic E-state index is 11.0. The van der Waals surface area contributed by atoms with Crippen molar-refractivity contribution in [2.45, 2.75) is 19.3 Å². The van der Waals surface area contributed by atoms with Crippen LogP contribution in [-0.4, -0.2) is 13.6 Å². The molecule has 0 aliphatic heterocycles. The van der Waals surface area contributed by atoms with Crippen LogP contribution in [0.3, 0.4) is 0 Å². The first-order valence-corrected chi connectivity index (χ1v) is 4.54. The van der Waals surface area contributed by atoms with Crippen molar-refractivity contribution in [1.82, 2.24) is 0 Å². The highest BCUT2D eigenvalue weighted by atomic mass is 16.1. The zero-order valence-corrected chi connectivity index (χ0v) is 7.66. The molecule has 0 amide bonds. The average molecular weight is 170 g/mol. The first kappa shape index (κ1) is 8.55. The van der Waals surface area contributed by atoms with Crippen LogP contribution in [0.15, 0.2) is 24.3 Å². The van der Waals surface area contributed by atoms with Crippen LogP contribution >= 0.6 is 0 Å². The molecule has 0 spiro atoms. The fourth-order valence-corrected chi connectivity index (χ4v) is 1.76. The number of carbonyl (C=O) groups is 1. The molecule has 0 aromatic heterocycles. The molecule has 2 radical (unpaired) electrons. The number of hydrogen-bond acceptors (Lipinski definition) is 1. The Hall–Kier alpha value is -1.05. The van der Waals surface area contributed by atoms with E-state index in [1.165, 1.54) is 5.56 Å². The van der Waals surface area contributed by atoms with Gasteiger partial charge < -0.3 is 0 Å². The molecule has 1 unspecified atom stereocenters. The Labute approximate surface area is 79.6 Å². The molecule has 0 saturated heterocycles. The molecule has 1 aliphatic rings. The summed E-state index contributed by atoms with van der Waals surface area (Å²) in [7, 11) is 5.57. The van der Waals surface area contributed by atoms with Gasteiger partial charge in [0.1, 0.15) is 13.6 Å². The second-order valence-corrected chi connectivity index (χ2v) is 3.73. The van der Waals surface area contributed by atoms with Gasteiger partial charge in [0.2, 0.25) is 0 Å². The van der Waals surface area contributed by atoms with E-state index in [1.54, 1.807) is 6.92 Å². The van der Waals surface area contributed by atoms with Gasteiger partial charge in [0.25, 0.3) is 0 Å². The summed E-state index contributed by atoms with van der Waals surface area (Å²) in [5.74, 6) is 1.03. The molecule has 1 aliphatic carbocycles. The van der Waals surface area contributed by atoms with Gasteiger partial charge in [-0.2, -0.15) is 0 Å². The highest BCUT2D eigenvalue weighted by Gasteiger charge is 2.41. The van der Waals surface area contributed by atoms with Gasteiger partial charge >= 0.3 is 0 Å². The van der Waals surface area contributed by atoms with E-state index in [-0.39, 0.29) is 5.92 Å². The minimum absolute atomic E-state index is 0.267. The van der Waals surface area contributed by atoms with Crippen molar-refractivity contribution in [3.63, 3.8) is 0 Å². The molecular weight excluding hydrogens is 159 g/mol. The maximum Gasteiger partial charge on any atom is 0.133 e. The number of hydrogen-bond donors (Lipinski definition) is 0. The third kappa shape index (κ3) is 1.67. The van der Waals surface area contributed by atoms with Gasteiger partial charge in [-0.15, -0.1) is 0 Å². The molecule has 1 aromatic carbocycles. The van der Waals surface area contributed by atoms with E-state index >= 15 is 0 Å². The van der Waals surface area contributed by atoms with Crippen molar-refractivity contribution < 1.29 is 4.79 Å². The van der Waals surface area contributed by atoms with Crippen LogP contribution < -0.4 is 5.46 Å². The molecule has 1 aromatic rings. The molecule has 64 valence electrons. The Morgan fingerprint density at radius 3 is 2.46 bits per heavy atom. The van der Waals surface area contributed by atoms with Crippen molar-refractivity contribution >= 4 is 19.1 Å². The lowest BCUT2D eigenvalue weighted by molar-refractivity contribution is -0.118. The minimum Gasteiger partial charge on any atom is -0.300 e. The second kappa shape index (κ2) is 3.02. The maximum atomic E-state index is 11.0. The van der Waals surface area contributed by atoms with Crippen molar-refractivity contribution in [2.24, 2.45) is 5.92 Å². The van der Waals surface area contributed by atoms with E-state index in [1.807, 2.05) is 24.3 Å². The second-order valence-electron chi connectivity index (χ2n) is 3.73. The smallest absolute Gasteiger partial charge is 0.133 e. The largest absolute Gasteiger partial charge is 0.300 e. The van der Waals surface area contributed by atoms with E-state index in [9.17, 15) is 4.79 Å². The molecule has 13 heavy (non-hydrogen) atoms. The third-order valence-corrected chi connectivity index (χ3v) is 2.68. The fraction of sp³-hybridized carbons (Fsp3) is 0.364. The Kier molecular flexibility index (Phi) is 1.99. The molecule has 0 bridgehead atoms. The Balaban J connectivity index is 2.12. The Bertz CT molecular complexity index is 328. The zero-order chi connectivity index (χ0) is 9.42. The minimum atomic E-state index is 0.267. The van der Waals surface area contributed by atoms with Gasteiger partial charge in [0.05, 0.1) is 0 Å². The number of ketones is 1. The molecule has 2 atom stereocenters. The molecule has 1 nitrogen and oxygen atoms in total. The number of carbonyl (C=O) groups excluding carboxylic acids is 1. The highest BCUT2D eigenvalue weighted by molar-refractivity contribution is 6.32. The van der Waals surface area contributed by atoms with Gasteiger partial charge in [-0.05, 0) is 24.8 Å². The zero-order valence-electron chi connectivity index (χ0n) is 7.66. The van der Waals surface area contributed by atoms with Crippen LogP contribution in [-0.2, 0) is 4.79 Å². The topological polar surface area (TPSA) is 17.1 Å². The summed E-state index contributed by atoms with van der Waals surface area (Å²) in [6.07, 6.45) is 1.01. The lowest BCUT2D eigenvalue weighted by Gasteiger charge is -1.99. The predicted molar refractivity (Wildman–Crippen MR) is 53.4 cm³/mol. The van der Waals surface area contributed by atoms with Crippen molar-refractivity contribution in [3.05, 3.63) is 29.8 Å². The average Bonchev–Trinajstić information content (AvgIpc) is 2.85. The summed E-state index contributed by atoms with van der Waals surface area (Å²) in [6, 6.07) is 7.82. The van der Waals surface area contributed by atoms with Crippen molar-refractivity contribution in [1.29, 1.82) is 0 Å². The lowest BCUT2D eigenvalue weighted by atomic mass is 9.94. The first-order chi connectivity index (χ1) is 6.18. The van der Waals surface area contributed by atoms with E-state index in [0.717, 1.165) is 11.9 Å². The monoisotopic (exact) mass is 170 g/mol. The number of Topliss-reactive ketones (excluding diaryl/α,β-unsaturated/α-hetero) is 1. The van der Waals surface area contributed by atoms with E-state index in [2.05, 4.69) is 0 Å². The van der Waals surface area contributed by atoms with E-state index in [4.69, 9.17) is 7.85 Å². The van der Waals surface area contributed by atoms with Gasteiger partial charge in [-0.1, -0.05) is 29.7 Å². The Morgan fingerprint density at radius 2 is 2.00 bits per heavy atom. The quantitative estimate of drug-likeness (QED) is 0.609. The third-order valence-electron chi connectivity index (χ3n) is 2.68. The van der Waals surface area contributed by atoms with Crippen LogP contribution in [0, 0.1) is 5.92 Å². The van der Waals surface area contributed by atoms with E-state index in [0.29, 0.717) is 11.7 Å². The lowest BCUT2D eigenvalue weighted by Crippen LogP contribution is -2.01. The molecule has 0 N–H and O–H groups in total. The molecule has 2 heteroatoms. The van der Waals surface area contributed by atoms with Crippen molar-refractivity contribution in [2.75, 3.05) is 0 Å². The summed E-state index contributed by atoms with van der Waals surface area (Å²) >= 11 is 0. The SMILES string of the molecule is [B]c1ccc(C2C[C@H]2C(C)=O)cc1. The summed E-state index contributed by atoms with van der Waals surface area (Å²) in [6.45, 7) is 1.67. The Morgan fingerprint density at radius 1 is 1.38 bits per heavy atom. The normalized spacial score (nSPS) is 25.6. The summed E-state index contributed by atoms with van der Waals surface area (Å²) in [5, 5.41) is 0. The highest BCUT2D eigenvalue weighted by Crippen LogP contribution is 2.47. The van der Waals surface area contributed by atoms with Crippen LogP contribution in [0.1, 0.15) is 24.8 Å². The van der Waals surface area contributed by atoms with Crippen molar-refractivity contribution in [3.8, 4) is 0 Å². The molecule has 0 heterocycles. The standard InChI is InChI=1S/C11H11BO/c1-7(13)10-6-11(10)8-2-4-9(12)5-3-8/h2-5,10-11H,6H2,1H3/t10-,11?/m0/s1. The molecule has 2 rings (SSSR count). The summed E-state index contributed by atoms with van der Waals surface area (Å²) in [4.78, 5) is 11.0. The van der Waals surface area contributed by atoms with Crippen LogP contribution in [0.2, 0.25) is 0 Å². The fourth-order valence-electron chi connectivity index (χ4n) is 1.76. The van der Waals surface area contributed by atoms with Gasteiger partial charge in [-0.25, -0.2) is 0 Å². The van der Waals surface area contributed by atoms with Crippen LogP contribution in [0.4, 0.5) is 0 Å². The first-order valence-electron chi connectivity index (χ1n) is 4.54. The molecular formula is C11H11BO. The summed E-state index contributed by atoms with van der Waals surface area (Å²) < 4.78 is 0. The van der Waals surface area contributed by atoms with Gasteiger partial charge in [0.15, 0.2) is 0 Å². The van der Waals surface area contributed by atoms with Gasteiger partial charge in [0, 0.05) is 5.92 Å². The van der Waals surface area contributed by atoms with Gasteiger partial charge in [-0.3, -0.25) is 4.79 Å².